The number of ether oxygens (including phenoxy) is 1. The van der Waals surface area contributed by atoms with Crippen molar-refractivity contribution < 1.29 is 29.3 Å². The van der Waals surface area contributed by atoms with Gasteiger partial charge < -0.3 is 25.2 Å². The second-order valence-electron chi connectivity index (χ2n) is 8.93. The third-order valence-corrected chi connectivity index (χ3v) is 6.40. The van der Waals surface area contributed by atoms with Crippen molar-refractivity contribution >= 4 is 18.0 Å². The number of carbonyl (C=O) groups is 3. The van der Waals surface area contributed by atoms with E-state index < -0.39 is 36.2 Å². The number of carboxylic acid groups (broad SMARTS) is 1. The van der Waals surface area contributed by atoms with Gasteiger partial charge in [0.05, 0.1) is 6.10 Å². The van der Waals surface area contributed by atoms with Crippen LogP contribution in [0.3, 0.4) is 0 Å². The van der Waals surface area contributed by atoms with E-state index in [1.807, 2.05) is 48.5 Å². The molecule has 0 spiro atoms. The number of carboxylic acids is 1. The van der Waals surface area contributed by atoms with E-state index in [1.165, 1.54) is 0 Å². The van der Waals surface area contributed by atoms with E-state index in [-0.39, 0.29) is 31.4 Å². The average molecular weight is 453 g/mol. The minimum absolute atomic E-state index is 0.0309. The molecule has 2 amide bonds. The number of hydrogen-bond acceptors (Lipinski definition) is 5. The maximum atomic E-state index is 13.1. The number of aliphatic hydroxyl groups excluding tert-OH is 1. The standard InChI is InChI=1S/C25H28N2O6/c1-14(2)22(23(29)27-12-15(28)11-21(27)24(30)31)26-25(32)33-13-20-18-9-5-3-7-16(18)17-8-4-6-10-19(17)20/h3-10,14-15,20-22,28H,11-13H2,1-2H3,(H,26,32)(H,30,31)/t15?,21-,22-/m0/s1. The molecule has 0 saturated carbocycles. The first kappa shape index (κ1) is 22.8. The molecule has 8 nitrogen and oxygen atoms in total. The quantitative estimate of drug-likeness (QED) is 0.620. The zero-order valence-electron chi connectivity index (χ0n) is 18.6. The Balaban J connectivity index is 1.44. The van der Waals surface area contributed by atoms with Gasteiger partial charge in [-0.3, -0.25) is 4.79 Å². The lowest BCUT2D eigenvalue weighted by atomic mass is 9.98. The van der Waals surface area contributed by atoms with Crippen molar-refractivity contribution in [2.24, 2.45) is 5.92 Å². The lowest BCUT2D eigenvalue weighted by molar-refractivity contribution is -0.149. The normalized spacial score (nSPS) is 20.3. The summed E-state index contributed by atoms with van der Waals surface area (Å²) in [4.78, 5) is 38.4. The van der Waals surface area contributed by atoms with Gasteiger partial charge in [-0.1, -0.05) is 62.4 Å². The smallest absolute Gasteiger partial charge is 0.407 e. The van der Waals surface area contributed by atoms with Gasteiger partial charge in [0.15, 0.2) is 0 Å². The topological polar surface area (TPSA) is 116 Å². The fourth-order valence-corrected chi connectivity index (χ4v) is 4.75. The number of likely N-dealkylation sites (tertiary alicyclic amines) is 1. The molecule has 174 valence electrons. The first-order chi connectivity index (χ1) is 15.8. The van der Waals surface area contributed by atoms with Gasteiger partial charge >= 0.3 is 12.1 Å². The zero-order valence-corrected chi connectivity index (χ0v) is 18.6. The Bertz CT molecular complexity index is 1020. The molecule has 3 atom stereocenters. The summed E-state index contributed by atoms with van der Waals surface area (Å²) in [7, 11) is 0. The van der Waals surface area contributed by atoms with Gasteiger partial charge in [-0.15, -0.1) is 0 Å². The Morgan fingerprint density at radius 2 is 1.64 bits per heavy atom. The van der Waals surface area contributed by atoms with E-state index >= 15 is 0 Å². The highest BCUT2D eigenvalue weighted by Gasteiger charge is 2.42. The van der Waals surface area contributed by atoms with Gasteiger partial charge in [0.1, 0.15) is 18.7 Å². The highest BCUT2D eigenvalue weighted by Crippen LogP contribution is 2.44. The van der Waals surface area contributed by atoms with Gasteiger partial charge in [-0.25, -0.2) is 9.59 Å². The molecule has 2 aromatic rings. The van der Waals surface area contributed by atoms with Crippen molar-refractivity contribution in [1.82, 2.24) is 10.2 Å². The molecular weight excluding hydrogens is 424 g/mol. The molecule has 33 heavy (non-hydrogen) atoms. The Labute approximate surface area is 192 Å². The molecule has 1 fully saturated rings. The molecule has 0 radical (unpaired) electrons. The monoisotopic (exact) mass is 452 g/mol. The fourth-order valence-electron chi connectivity index (χ4n) is 4.75. The van der Waals surface area contributed by atoms with Gasteiger partial charge in [0, 0.05) is 18.9 Å². The summed E-state index contributed by atoms with van der Waals surface area (Å²) >= 11 is 0. The summed E-state index contributed by atoms with van der Waals surface area (Å²) in [6.45, 7) is 3.55. The first-order valence-corrected chi connectivity index (χ1v) is 11.1. The number of fused-ring (bicyclic) bond motifs is 3. The summed E-state index contributed by atoms with van der Waals surface area (Å²) in [5.74, 6) is -2.13. The van der Waals surface area contributed by atoms with Crippen LogP contribution in [0, 0.1) is 5.92 Å². The van der Waals surface area contributed by atoms with Gasteiger partial charge in [0.2, 0.25) is 5.91 Å². The number of rotatable bonds is 6. The number of alkyl carbamates (subject to hydrolysis) is 1. The number of benzene rings is 2. The van der Waals surface area contributed by atoms with Crippen LogP contribution < -0.4 is 5.32 Å². The number of hydrogen-bond donors (Lipinski definition) is 3. The molecule has 0 aromatic heterocycles. The summed E-state index contributed by atoms with van der Waals surface area (Å²) in [5, 5.41) is 21.9. The predicted octanol–water partition coefficient (Wildman–Crippen LogP) is 2.60. The number of amides is 2. The molecule has 4 rings (SSSR count). The largest absolute Gasteiger partial charge is 0.480 e. The van der Waals surface area contributed by atoms with Crippen LogP contribution >= 0.6 is 0 Å². The minimum Gasteiger partial charge on any atom is -0.480 e. The Morgan fingerprint density at radius 3 is 2.18 bits per heavy atom. The second kappa shape index (κ2) is 9.23. The van der Waals surface area contributed by atoms with E-state index in [2.05, 4.69) is 5.32 Å². The second-order valence-corrected chi connectivity index (χ2v) is 8.93. The van der Waals surface area contributed by atoms with Gasteiger partial charge in [-0.05, 0) is 28.2 Å². The van der Waals surface area contributed by atoms with Crippen LogP contribution in [0.5, 0.6) is 0 Å². The van der Waals surface area contributed by atoms with Crippen LogP contribution in [-0.4, -0.2) is 64.4 Å². The molecule has 0 bridgehead atoms. The zero-order chi connectivity index (χ0) is 23.7. The maximum absolute atomic E-state index is 13.1. The van der Waals surface area contributed by atoms with Crippen molar-refractivity contribution in [2.75, 3.05) is 13.2 Å². The predicted molar refractivity (Wildman–Crippen MR) is 121 cm³/mol. The molecular formula is C25H28N2O6. The van der Waals surface area contributed by atoms with Crippen molar-refractivity contribution in [1.29, 1.82) is 0 Å². The van der Waals surface area contributed by atoms with Crippen molar-refractivity contribution in [3.63, 3.8) is 0 Å². The van der Waals surface area contributed by atoms with Gasteiger partial charge in [-0.2, -0.15) is 0 Å². The molecule has 1 saturated heterocycles. The molecule has 1 heterocycles. The fraction of sp³-hybridized carbons (Fsp3) is 0.400. The molecule has 3 N–H and O–H groups in total. The molecule has 2 aromatic carbocycles. The Kier molecular flexibility index (Phi) is 6.37. The molecule has 1 unspecified atom stereocenters. The molecule has 8 heteroatoms. The number of nitrogens with one attached hydrogen (secondary N) is 1. The van der Waals surface area contributed by atoms with Gasteiger partial charge in [0.25, 0.3) is 0 Å². The van der Waals surface area contributed by atoms with E-state index in [9.17, 15) is 24.6 Å². The van der Waals surface area contributed by atoms with Crippen LogP contribution in [0.4, 0.5) is 4.79 Å². The summed E-state index contributed by atoms with van der Waals surface area (Å²) in [5.41, 5.74) is 4.39. The summed E-state index contributed by atoms with van der Waals surface area (Å²) in [6, 6.07) is 13.9. The lowest BCUT2D eigenvalue weighted by Crippen LogP contribution is -2.54. The molecule has 1 aliphatic heterocycles. The highest BCUT2D eigenvalue weighted by atomic mass is 16.5. The minimum atomic E-state index is -1.18. The van der Waals surface area contributed by atoms with Crippen LogP contribution in [0.1, 0.15) is 37.3 Å². The third-order valence-electron chi connectivity index (χ3n) is 6.40. The number of aliphatic carboxylic acids is 1. The van der Waals surface area contributed by atoms with Crippen molar-refractivity contribution in [2.45, 2.75) is 44.4 Å². The maximum Gasteiger partial charge on any atom is 0.407 e. The van der Waals surface area contributed by atoms with Crippen LogP contribution in [0.25, 0.3) is 11.1 Å². The van der Waals surface area contributed by atoms with E-state index in [0.29, 0.717) is 0 Å². The summed E-state index contributed by atoms with van der Waals surface area (Å²) in [6.07, 6.45) is -1.68. The number of aliphatic hydroxyl groups is 1. The number of nitrogens with zero attached hydrogens (tertiary/aromatic N) is 1. The molecule has 1 aliphatic carbocycles. The SMILES string of the molecule is CC(C)[C@H](NC(=O)OCC1c2ccccc2-c2ccccc21)C(=O)N1CC(O)C[C@H]1C(=O)O. The highest BCUT2D eigenvalue weighted by molar-refractivity contribution is 5.90. The van der Waals surface area contributed by atoms with E-state index in [4.69, 9.17) is 4.74 Å². The van der Waals surface area contributed by atoms with Crippen LogP contribution in [0.2, 0.25) is 0 Å². The average Bonchev–Trinajstić information content (AvgIpc) is 3.34. The molecule has 2 aliphatic rings. The van der Waals surface area contributed by atoms with Crippen molar-refractivity contribution in [3.8, 4) is 11.1 Å². The lowest BCUT2D eigenvalue weighted by Gasteiger charge is -2.29. The number of β-amino-alcohol motifs (C(OH)–C–C–N with tert-alkyl or cyclic N) is 1. The van der Waals surface area contributed by atoms with Crippen molar-refractivity contribution in [3.05, 3.63) is 59.7 Å². The summed E-state index contributed by atoms with van der Waals surface area (Å²) < 4.78 is 5.54. The van der Waals surface area contributed by atoms with Crippen LogP contribution in [0.15, 0.2) is 48.5 Å². The first-order valence-electron chi connectivity index (χ1n) is 11.1. The Hall–Kier alpha value is -3.39. The Morgan fingerprint density at radius 1 is 1.06 bits per heavy atom. The van der Waals surface area contributed by atoms with E-state index in [1.54, 1.807) is 13.8 Å². The third kappa shape index (κ3) is 4.43. The van der Waals surface area contributed by atoms with Crippen LogP contribution in [-0.2, 0) is 14.3 Å². The van der Waals surface area contributed by atoms with E-state index in [0.717, 1.165) is 27.2 Å². The number of carbonyl (C=O) groups excluding carboxylic acids is 2.